The van der Waals surface area contributed by atoms with E-state index in [0.717, 1.165) is 4.68 Å². The molecular weight excluding hydrogens is 340 g/mol. The Kier molecular flexibility index (Phi) is 4.61. The average molecular weight is 358 g/mol. The molecule has 0 saturated carbocycles. The van der Waals surface area contributed by atoms with Gasteiger partial charge in [0.25, 0.3) is 5.56 Å². The molecular formula is C17H18N4O5. The molecule has 2 heterocycles. The molecule has 26 heavy (non-hydrogen) atoms. The van der Waals surface area contributed by atoms with E-state index in [1.54, 1.807) is 32.0 Å². The summed E-state index contributed by atoms with van der Waals surface area (Å²) in [5.74, 6) is 1.13. The average Bonchev–Trinajstić information content (AvgIpc) is 3.02. The lowest BCUT2D eigenvalue weighted by Gasteiger charge is -2.12. The maximum absolute atomic E-state index is 12.4. The Labute approximate surface area is 148 Å². The van der Waals surface area contributed by atoms with Gasteiger partial charge in [-0.05, 0) is 26.0 Å². The third-order valence-corrected chi connectivity index (χ3v) is 3.91. The lowest BCUT2D eigenvalue weighted by Crippen LogP contribution is -2.30. The second-order valence-electron chi connectivity index (χ2n) is 5.62. The van der Waals surface area contributed by atoms with Crippen LogP contribution in [-0.2, 0) is 11.3 Å². The quantitative estimate of drug-likeness (QED) is 0.739. The number of carbonyl (C=O) groups is 1. The standard InChI is InChI=1S/C17H18N4O5/c1-9-15-10(2)26-20-16(15)17(23)21(19-9)8-14(22)18-12-6-5-11(24-3)7-13(12)25-4/h5-7H,8H2,1-4H3,(H,18,22). The minimum Gasteiger partial charge on any atom is -0.497 e. The third-order valence-electron chi connectivity index (χ3n) is 3.91. The van der Waals surface area contributed by atoms with Gasteiger partial charge in [0.2, 0.25) is 5.91 Å². The largest absolute Gasteiger partial charge is 0.497 e. The van der Waals surface area contributed by atoms with Crippen molar-refractivity contribution in [3.8, 4) is 11.5 Å². The molecule has 0 spiro atoms. The molecule has 0 radical (unpaired) electrons. The molecule has 0 saturated heterocycles. The van der Waals surface area contributed by atoms with E-state index in [9.17, 15) is 9.59 Å². The summed E-state index contributed by atoms with van der Waals surface area (Å²) < 4.78 is 16.5. The van der Waals surface area contributed by atoms with Crippen molar-refractivity contribution in [2.75, 3.05) is 19.5 Å². The minimum absolute atomic E-state index is 0.157. The van der Waals surface area contributed by atoms with E-state index in [1.807, 2.05) is 0 Å². The van der Waals surface area contributed by atoms with Gasteiger partial charge in [0.15, 0.2) is 5.52 Å². The summed E-state index contributed by atoms with van der Waals surface area (Å²) in [4.78, 5) is 24.8. The predicted molar refractivity (Wildman–Crippen MR) is 93.7 cm³/mol. The highest BCUT2D eigenvalue weighted by Gasteiger charge is 2.17. The third kappa shape index (κ3) is 3.10. The fourth-order valence-corrected chi connectivity index (χ4v) is 2.68. The van der Waals surface area contributed by atoms with Gasteiger partial charge in [-0.1, -0.05) is 5.16 Å². The Balaban J connectivity index is 1.86. The van der Waals surface area contributed by atoms with Gasteiger partial charge in [0.1, 0.15) is 23.8 Å². The molecule has 0 unspecified atom stereocenters. The first-order valence-corrected chi connectivity index (χ1v) is 7.80. The summed E-state index contributed by atoms with van der Waals surface area (Å²) in [7, 11) is 3.02. The van der Waals surface area contributed by atoms with Gasteiger partial charge >= 0.3 is 0 Å². The van der Waals surface area contributed by atoms with Crippen molar-refractivity contribution in [2.24, 2.45) is 0 Å². The number of amides is 1. The van der Waals surface area contributed by atoms with Crippen LogP contribution in [0.25, 0.3) is 10.9 Å². The van der Waals surface area contributed by atoms with Crippen LogP contribution in [0.3, 0.4) is 0 Å². The van der Waals surface area contributed by atoms with Crippen LogP contribution in [0.5, 0.6) is 11.5 Å². The Morgan fingerprint density at radius 2 is 2.04 bits per heavy atom. The molecule has 136 valence electrons. The van der Waals surface area contributed by atoms with Crippen molar-refractivity contribution in [1.29, 1.82) is 0 Å². The molecule has 0 fully saturated rings. The van der Waals surface area contributed by atoms with Crippen LogP contribution in [0.2, 0.25) is 0 Å². The van der Waals surface area contributed by atoms with Crippen LogP contribution in [0.4, 0.5) is 5.69 Å². The molecule has 2 aromatic heterocycles. The zero-order chi connectivity index (χ0) is 18.8. The van der Waals surface area contributed by atoms with Crippen molar-refractivity contribution >= 4 is 22.5 Å². The first-order valence-electron chi connectivity index (χ1n) is 7.80. The number of methoxy groups -OCH3 is 2. The first-order chi connectivity index (χ1) is 12.4. The number of hydrogen-bond donors (Lipinski definition) is 1. The fraction of sp³-hybridized carbons (Fsp3) is 0.294. The van der Waals surface area contributed by atoms with Crippen LogP contribution in [0.1, 0.15) is 11.5 Å². The molecule has 1 amide bonds. The number of fused-ring (bicyclic) bond motifs is 1. The van der Waals surface area contributed by atoms with E-state index < -0.39 is 11.5 Å². The van der Waals surface area contributed by atoms with Crippen LogP contribution < -0.4 is 20.3 Å². The van der Waals surface area contributed by atoms with Crippen LogP contribution in [0.15, 0.2) is 27.5 Å². The number of anilines is 1. The number of nitrogens with zero attached hydrogens (tertiary/aromatic N) is 3. The van der Waals surface area contributed by atoms with Crippen LogP contribution in [-0.4, -0.2) is 35.1 Å². The SMILES string of the molecule is COc1ccc(NC(=O)Cn2nc(C)c3c(C)onc3c2=O)c(OC)c1. The number of hydrogen-bond acceptors (Lipinski definition) is 7. The summed E-state index contributed by atoms with van der Waals surface area (Å²) in [5.41, 5.74) is 0.693. The van der Waals surface area contributed by atoms with Gasteiger partial charge in [-0.25, -0.2) is 4.68 Å². The Morgan fingerprint density at radius 3 is 2.73 bits per heavy atom. The van der Waals surface area contributed by atoms with Crippen molar-refractivity contribution in [1.82, 2.24) is 14.9 Å². The molecule has 0 aliphatic heterocycles. The van der Waals surface area contributed by atoms with Gasteiger partial charge in [0.05, 0.1) is 31.0 Å². The molecule has 9 heteroatoms. The van der Waals surface area contributed by atoms with Gasteiger partial charge in [0, 0.05) is 6.07 Å². The number of nitrogens with one attached hydrogen (secondary N) is 1. The summed E-state index contributed by atoms with van der Waals surface area (Å²) in [6.07, 6.45) is 0. The number of ether oxygens (including phenoxy) is 2. The van der Waals surface area contributed by atoms with E-state index in [1.165, 1.54) is 14.2 Å². The maximum Gasteiger partial charge on any atom is 0.297 e. The molecule has 1 aromatic carbocycles. The number of benzene rings is 1. The molecule has 9 nitrogen and oxygen atoms in total. The Bertz CT molecular complexity index is 1040. The molecule has 0 bridgehead atoms. The maximum atomic E-state index is 12.4. The summed E-state index contributed by atoms with van der Waals surface area (Å²) in [6.45, 7) is 3.17. The van der Waals surface area contributed by atoms with Crippen LogP contribution >= 0.6 is 0 Å². The molecule has 0 atom stereocenters. The first kappa shape index (κ1) is 17.5. The van der Waals surface area contributed by atoms with Crippen molar-refractivity contribution < 1.29 is 18.8 Å². The van der Waals surface area contributed by atoms with E-state index in [0.29, 0.717) is 34.0 Å². The molecule has 3 rings (SSSR count). The van der Waals surface area contributed by atoms with Gasteiger partial charge < -0.3 is 19.3 Å². The lowest BCUT2D eigenvalue weighted by atomic mass is 10.2. The summed E-state index contributed by atoms with van der Waals surface area (Å²) >= 11 is 0. The number of aromatic nitrogens is 3. The second-order valence-corrected chi connectivity index (χ2v) is 5.62. The van der Waals surface area contributed by atoms with Gasteiger partial charge in [-0.2, -0.15) is 5.10 Å². The Morgan fingerprint density at radius 1 is 1.27 bits per heavy atom. The highest BCUT2D eigenvalue weighted by atomic mass is 16.5. The van der Waals surface area contributed by atoms with Crippen LogP contribution in [0, 0.1) is 13.8 Å². The van der Waals surface area contributed by atoms with E-state index >= 15 is 0 Å². The highest BCUT2D eigenvalue weighted by molar-refractivity contribution is 5.92. The molecule has 0 aliphatic rings. The zero-order valence-electron chi connectivity index (χ0n) is 14.8. The Hall–Kier alpha value is -3.36. The smallest absolute Gasteiger partial charge is 0.297 e. The zero-order valence-corrected chi connectivity index (χ0v) is 14.8. The normalized spacial score (nSPS) is 10.8. The van der Waals surface area contributed by atoms with Gasteiger partial charge in [-0.15, -0.1) is 0 Å². The predicted octanol–water partition coefficient (Wildman–Crippen LogP) is 1.66. The topological polar surface area (TPSA) is 108 Å². The minimum atomic E-state index is -0.487. The second kappa shape index (κ2) is 6.87. The number of rotatable bonds is 5. The van der Waals surface area contributed by atoms with Crippen molar-refractivity contribution in [3.63, 3.8) is 0 Å². The van der Waals surface area contributed by atoms with Crippen molar-refractivity contribution in [3.05, 3.63) is 40.0 Å². The van der Waals surface area contributed by atoms with E-state index in [4.69, 9.17) is 14.0 Å². The fourth-order valence-electron chi connectivity index (χ4n) is 2.68. The molecule has 1 N–H and O–H groups in total. The van der Waals surface area contributed by atoms with Crippen molar-refractivity contribution in [2.45, 2.75) is 20.4 Å². The number of aryl methyl sites for hydroxylation is 2. The molecule has 3 aromatic rings. The van der Waals surface area contributed by atoms with E-state index in [2.05, 4.69) is 15.6 Å². The molecule has 0 aliphatic carbocycles. The monoisotopic (exact) mass is 358 g/mol. The highest BCUT2D eigenvalue weighted by Crippen LogP contribution is 2.29. The summed E-state index contributed by atoms with van der Waals surface area (Å²) in [6, 6.07) is 4.99. The summed E-state index contributed by atoms with van der Waals surface area (Å²) in [5, 5.41) is 11.2. The van der Waals surface area contributed by atoms with E-state index in [-0.39, 0.29) is 12.1 Å². The number of carbonyl (C=O) groups excluding carboxylic acids is 1. The lowest BCUT2D eigenvalue weighted by molar-refractivity contribution is -0.117. The van der Waals surface area contributed by atoms with Gasteiger partial charge in [-0.3, -0.25) is 9.59 Å².